The number of hydrogen-bond donors (Lipinski definition) is 0. The summed E-state index contributed by atoms with van der Waals surface area (Å²) in [5, 5.41) is 0. The van der Waals surface area contributed by atoms with Crippen LogP contribution in [0.1, 0.15) is 32.1 Å². The van der Waals surface area contributed by atoms with E-state index in [0.717, 1.165) is 12.5 Å². The van der Waals surface area contributed by atoms with Gasteiger partial charge in [-0.15, -0.1) is 0 Å². The number of rotatable bonds is 3. The van der Waals surface area contributed by atoms with Gasteiger partial charge in [0.1, 0.15) is 0 Å². The maximum atomic E-state index is 4.87. The Hall–Kier alpha value is -0.770. The Morgan fingerprint density at radius 1 is 0.889 bits per heavy atom. The molecule has 0 unspecified atom stereocenters. The Balaban J connectivity index is 2.80. The van der Waals surface area contributed by atoms with E-state index in [1.807, 2.05) is 0 Å². The molecular weight excluding hydrogens is 224 g/mol. The zero-order valence-corrected chi connectivity index (χ0v) is 13.0. The Bertz CT molecular complexity index is 266. The monoisotopic (exact) mass is 254 g/mol. The molecule has 0 aromatic carbocycles. The standard InChI is InChI=1S/C14H30N4/c1-16(2)13(17(3)4)15-12-14(18(5)6)10-8-7-9-11-14/h7-12H2,1-6H3. The third-order valence-electron chi connectivity index (χ3n) is 4.05. The summed E-state index contributed by atoms with van der Waals surface area (Å²) in [6.45, 7) is 0.908. The fourth-order valence-electron chi connectivity index (χ4n) is 2.86. The van der Waals surface area contributed by atoms with Crippen LogP contribution in [0.3, 0.4) is 0 Å². The lowest BCUT2D eigenvalue weighted by Crippen LogP contribution is -2.49. The van der Waals surface area contributed by atoms with Crippen LogP contribution in [-0.4, -0.2) is 75.0 Å². The van der Waals surface area contributed by atoms with Crippen LogP contribution >= 0.6 is 0 Å². The van der Waals surface area contributed by atoms with E-state index in [1.165, 1.54) is 32.1 Å². The van der Waals surface area contributed by atoms with Crippen LogP contribution in [0.5, 0.6) is 0 Å². The molecule has 0 aliphatic heterocycles. The van der Waals surface area contributed by atoms with Gasteiger partial charge >= 0.3 is 0 Å². The molecule has 0 heterocycles. The van der Waals surface area contributed by atoms with E-state index in [9.17, 15) is 0 Å². The van der Waals surface area contributed by atoms with Gasteiger partial charge < -0.3 is 14.7 Å². The van der Waals surface area contributed by atoms with E-state index in [2.05, 4.69) is 57.0 Å². The van der Waals surface area contributed by atoms with E-state index < -0.39 is 0 Å². The molecule has 0 atom stereocenters. The lowest BCUT2D eigenvalue weighted by Gasteiger charge is -2.42. The average Bonchev–Trinajstić information content (AvgIpc) is 2.29. The van der Waals surface area contributed by atoms with Crippen LogP contribution < -0.4 is 0 Å². The van der Waals surface area contributed by atoms with Crippen molar-refractivity contribution in [3.05, 3.63) is 0 Å². The first kappa shape index (κ1) is 15.3. The predicted octanol–water partition coefficient (Wildman–Crippen LogP) is 1.73. The van der Waals surface area contributed by atoms with Crippen LogP contribution in [0.15, 0.2) is 4.99 Å². The molecule has 0 aromatic rings. The van der Waals surface area contributed by atoms with Gasteiger partial charge in [-0.1, -0.05) is 19.3 Å². The van der Waals surface area contributed by atoms with Crippen molar-refractivity contribution >= 4 is 5.96 Å². The number of hydrogen-bond acceptors (Lipinski definition) is 2. The molecule has 18 heavy (non-hydrogen) atoms. The summed E-state index contributed by atoms with van der Waals surface area (Å²) >= 11 is 0. The van der Waals surface area contributed by atoms with Gasteiger partial charge in [-0.2, -0.15) is 0 Å². The molecule has 0 spiro atoms. The molecule has 1 fully saturated rings. The SMILES string of the molecule is CN(C)C(=NCC1(N(C)C)CCCCC1)N(C)C. The minimum absolute atomic E-state index is 0.273. The summed E-state index contributed by atoms with van der Waals surface area (Å²) in [5.41, 5.74) is 0.273. The minimum atomic E-state index is 0.273. The molecule has 106 valence electrons. The van der Waals surface area contributed by atoms with Crippen molar-refractivity contribution < 1.29 is 0 Å². The molecule has 0 N–H and O–H groups in total. The highest BCUT2D eigenvalue weighted by Crippen LogP contribution is 2.32. The van der Waals surface area contributed by atoms with Gasteiger partial charge in [-0.25, -0.2) is 0 Å². The fourth-order valence-corrected chi connectivity index (χ4v) is 2.86. The molecule has 1 saturated carbocycles. The topological polar surface area (TPSA) is 22.1 Å². The molecule has 4 heteroatoms. The molecule has 0 bridgehead atoms. The van der Waals surface area contributed by atoms with Gasteiger partial charge in [-0.05, 0) is 26.9 Å². The van der Waals surface area contributed by atoms with Crippen LogP contribution in [0, 0.1) is 0 Å². The summed E-state index contributed by atoms with van der Waals surface area (Å²) < 4.78 is 0. The first-order chi connectivity index (χ1) is 8.39. The maximum absolute atomic E-state index is 4.87. The quantitative estimate of drug-likeness (QED) is 0.566. The highest BCUT2D eigenvalue weighted by molar-refractivity contribution is 5.79. The lowest BCUT2D eigenvalue weighted by molar-refractivity contribution is 0.109. The number of likely N-dealkylation sites (N-methyl/N-ethyl adjacent to an activating group) is 1. The summed E-state index contributed by atoms with van der Waals surface area (Å²) in [7, 11) is 12.6. The smallest absolute Gasteiger partial charge is 0.195 e. The van der Waals surface area contributed by atoms with Crippen LogP contribution in [0.25, 0.3) is 0 Å². The molecule has 0 radical (unpaired) electrons. The highest BCUT2D eigenvalue weighted by atomic mass is 15.3. The third-order valence-corrected chi connectivity index (χ3v) is 4.05. The highest BCUT2D eigenvalue weighted by Gasteiger charge is 2.34. The summed E-state index contributed by atoms with van der Waals surface area (Å²) in [6.07, 6.45) is 6.61. The predicted molar refractivity (Wildman–Crippen MR) is 79.2 cm³/mol. The summed E-state index contributed by atoms with van der Waals surface area (Å²) in [5.74, 6) is 1.06. The van der Waals surface area contributed by atoms with Crippen molar-refractivity contribution in [3.8, 4) is 0 Å². The van der Waals surface area contributed by atoms with Crippen molar-refractivity contribution in [1.29, 1.82) is 0 Å². The molecule has 0 aromatic heterocycles. The van der Waals surface area contributed by atoms with Crippen LogP contribution in [0.2, 0.25) is 0 Å². The Morgan fingerprint density at radius 2 is 1.39 bits per heavy atom. The van der Waals surface area contributed by atoms with Crippen LogP contribution in [0.4, 0.5) is 0 Å². The molecule has 1 rings (SSSR count). The second-order valence-electron chi connectivity index (χ2n) is 6.08. The van der Waals surface area contributed by atoms with Crippen molar-refractivity contribution in [2.75, 3.05) is 48.8 Å². The van der Waals surface area contributed by atoms with Crippen molar-refractivity contribution in [1.82, 2.24) is 14.7 Å². The number of aliphatic imine (C=N–C) groups is 1. The van der Waals surface area contributed by atoms with E-state index in [4.69, 9.17) is 4.99 Å². The maximum Gasteiger partial charge on any atom is 0.195 e. The van der Waals surface area contributed by atoms with Gasteiger partial charge in [0.25, 0.3) is 0 Å². The second kappa shape index (κ2) is 6.41. The van der Waals surface area contributed by atoms with Gasteiger partial charge in [0, 0.05) is 33.7 Å². The third kappa shape index (κ3) is 3.61. The average molecular weight is 254 g/mol. The van der Waals surface area contributed by atoms with Gasteiger partial charge in [-0.3, -0.25) is 4.99 Å². The first-order valence-corrected chi connectivity index (χ1v) is 6.95. The van der Waals surface area contributed by atoms with Crippen molar-refractivity contribution in [2.24, 2.45) is 4.99 Å². The first-order valence-electron chi connectivity index (χ1n) is 6.95. The molecule has 0 saturated heterocycles. The molecule has 4 nitrogen and oxygen atoms in total. The molecule has 0 amide bonds. The largest absolute Gasteiger partial charge is 0.349 e. The zero-order valence-electron chi connectivity index (χ0n) is 13.0. The van der Waals surface area contributed by atoms with Gasteiger partial charge in [0.15, 0.2) is 5.96 Å². The molecule has 1 aliphatic carbocycles. The van der Waals surface area contributed by atoms with E-state index in [1.54, 1.807) is 0 Å². The second-order valence-corrected chi connectivity index (χ2v) is 6.08. The Labute approximate surface area is 113 Å². The molecular formula is C14H30N4. The Morgan fingerprint density at radius 3 is 1.78 bits per heavy atom. The van der Waals surface area contributed by atoms with Crippen molar-refractivity contribution in [3.63, 3.8) is 0 Å². The lowest BCUT2D eigenvalue weighted by atomic mass is 9.81. The van der Waals surface area contributed by atoms with Gasteiger partial charge in [0.05, 0.1) is 6.54 Å². The molecule has 1 aliphatic rings. The summed E-state index contributed by atoms with van der Waals surface area (Å²) in [4.78, 5) is 11.4. The van der Waals surface area contributed by atoms with E-state index in [-0.39, 0.29) is 5.54 Å². The Kier molecular flexibility index (Phi) is 5.45. The van der Waals surface area contributed by atoms with Crippen LogP contribution in [-0.2, 0) is 0 Å². The summed E-state index contributed by atoms with van der Waals surface area (Å²) in [6, 6.07) is 0. The van der Waals surface area contributed by atoms with E-state index >= 15 is 0 Å². The van der Waals surface area contributed by atoms with Crippen molar-refractivity contribution in [2.45, 2.75) is 37.6 Å². The zero-order chi connectivity index (χ0) is 13.8. The van der Waals surface area contributed by atoms with E-state index in [0.29, 0.717) is 0 Å². The number of nitrogens with zero attached hydrogens (tertiary/aromatic N) is 4. The fraction of sp³-hybridized carbons (Fsp3) is 0.929. The number of guanidine groups is 1. The minimum Gasteiger partial charge on any atom is -0.349 e. The van der Waals surface area contributed by atoms with Gasteiger partial charge in [0.2, 0.25) is 0 Å². The normalized spacial score (nSPS) is 18.6.